The summed E-state index contributed by atoms with van der Waals surface area (Å²) in [4.78, 5) is 5.87. The fraction of sp³-hybridized carbons (Fsp3) is 0. The van der Waals surface area contributed by atoms with E-state index in [0.717, 1.165) is 10.7 Å². The predicted octanol–water partition coefficient (Wildman–Crippen LogP) is 4.60. The van der Waals surface area contributed by atoms with E-state index in [1.165, 1.54) is 10.4 Å². The van der Waals surface area contributed by atoms with E-state index in [1.807, 2.05) is 0 Å². The van der Waals surface area contributed by atoms with Crippen LogP contribution in [-0.4, -0.2) is 4.98 Å². The average molecular weight is 249 g/mol. The maximum atomic E-state index is 4.63. The fourth-order valence-electron chi connectivity index (χ4n) is 1.33. The lowest BCUT2D eigenvalue weighted by atomic mass is 10.3. The summed E-state index contributed by atoms with van der Waals surface area (Å²) < 4.78 is 0. The molecule has 0 saturated heterocycles. The number of rotatable bonds is 2. The van der Waals surface area contributed by atoms with Crippen molar-refractivity contribution in [1.29, 1.82) is 0 Å². The molecule has 0 unspecified atom stereocenters. The van der Waals surface area contributed by atoms with Gasteiger partial charge in [0.25, 0.3) is 0 Å². The van der Waals surface area contributed by atoms with E-state index in [1.54, 1.807) is 34.0 Å². The van der Waals surface area contributed by atoms with Crippen LogP contribution < -0.4 is 0 Å². The van der Waals surface area contributed by atoms with Gasteiger partial charge in [-0.1, -0.05) is 6.07 Å². The number of nitrogens with zero attached hydrogens (tertiary/aromatic N) is 1. The molecule has 1 nitrogen and oxygen atoms in total. The molecule has 0 amide bonds. The molecule has 15 heavy (non-hydrogen) atoms. The molecule has 3 heterocycles. The molecule has 0 radical (unpaired) electrons. The van der Waals surface area contributed by atoms with Gasteiger partial charge in [0.1, 0.15) is 5.01 Å². The highest BCUT2D eigenvalue weighted by Gasteiger charge is 2.06. The van der Waals surface area contributed by atoms with Gasteiger partial charge < -0.3 is 0 Å². The van der Waals surface area contributed by atoms with Gasteiger partial charge in [0.15, 0.2) is 0 Å². The first-order chi connectivity index (χ1) is 7.43. The molecular weight excluding hydrogens is 242 g/mol. The van der Waals surface area contributed by atoms with Crippen LogP contribution in [0.3, 0.4) is 0 Å². The summed E-state index contributed by atoms with van der Waals surface area (Å²) in [6.45, 7) is 0. The lowest BCUT2D eigenvalue weighted by Gasteiger charge is -1.88. The molecule has 0 aliphatic heterocycles. The summed E-state index contributed by atoms with van der Waals surface area (Å²) >= 11 is 5.15. The molecule has 0 bridgehead atoms. The van der Waals surface area contributed by atoms with Gasteiger partial charge in [-0.05, 0) is 22.9 Å². The van der Waals surface area contributed by atoms with Crippen molar-refractivity contribution in [3.05, 3.63) is 39.7 Å². The minimum atomic E-state index is 1.09. The summed E-state index contributed by atoms with van der Waals surface area (Å²) in [5, 5.41) is 9.54. The molecular formula is C11H7NS3. The number of aromatic nitrogens is 1. The third kappa shape index (κ3) is 1.76. The molecule has 0 aliphatic carbocycles. The third-order valence-electron chi connectivity index (χ3n) is 2.05. The van der Waals surface area contributed by atoms with Crippen molar-refractivity contribution >= 4 is 34.0 Å². The third-order valence-corrected chi connectivity index (χ3v) is 4.51. The molecule has 0 fully saturated rings. The molecule has 3 aromatic rings. The predicted molar refractivity (Wildman–Crippen MR) is 68.7 cm³/mol. The van der Waals surface area contributed by atoms with Crippen LogP contribution in [0, 0.1) is 0 Å². The van der Waals surface area contributed by atoms with E-state index < -0.39 is 0 Å². The topological polar surface area (TPSA) is 12.9 Å². The second-order valence-corrected chi connectivity index (χ2v) is 5.61. The maximum absolute atomic E-state index is 4.63. The van der Waals surface area contributed by atoms with Crippen molar-refractivity contribution < 1.29 is 0 Å². The SMILES string of the molecule is c1csc(-c2csc(-c3ccsc3)n2)c1. The Morgan fingerprint density at radius 3 is 2.73 bits per heavy atom. The van der Waals surface area contributed by atoms with E-state index in [2.05, 4.69) is 44.7 Å². The van der Waals surface area contributed by atoms with Crippen molar-refractivity contribution in [3.8, 4) is 21.1 Å². The van der Waals surface area contributed by atoms with E-state index in [0.29, 0.717) is 0 Å². The van der Waals surface area contributed by atoms with Crippen molar-refractivity contribution in [2.75, 3.05) is 0 Å². The summed E-state index contributed by atoms with van der Waals surface area (Å²) in [6.07, 6.45) is 0. The monoisotopic (exact) mass is 249 g/mol. The molecule has 0 N–H and O–H groups in total. The second-order valence-electron chi connectivity index (χ2n) is 3.03. The highest BCUT2D eigenvalue weighted by atomic mass is 32.1. The van der Waals surface area contributed by atoms with Crippen LogP contribution in [0.5, 0.6) is 0 Å². The van der Waals surface area contributed by atoms with E-state index in [-0.39, 0.29) is 0 Å². The molecule has 0 aromatic carbocycles. The van der Waals surface area contributed by atoms with Crippen LogP contribution in [0.25, 0.3) is 21.1 Å². The summed E-state index contributed by atoms with van der Waals surface area (Å²) in [6, 6.07) is 6.28. The van der Waals surface area contributed by atoms with Crippen LogP contribution in [0.4, 0.5) is 0 Å². The first kappa shape index (κ1) is 9.27. The number of thiazole rings is 1. The van der Waals surface area contributed by atoms with Crippen molar-refractivity contribution in [3.63, 3.8) is 0 Å². The highest BCUT2D eigenvalue weighted by Crippen LogP contribution is 2.31. The molecule has 4 heteroatoms. The summed E-state index contributed by atoms with van der Waals surface area (Å²) in [7, 11) is 0. The Balaban J connectivity index is 2.02. The van der Waals surface area contributed by atoms with Gasteiger partial charge in [-0.3, -0.25) is 0 Å². The number of thiophene rings is 2. The van der Waals surface area contributed by atoms with Gasteiger partial charge in [0.05, 0.1) is 10.6 Å². The standard InChI is InChI=1S/C11H7NS3/c1-2-10(14-4-1)9-7-15-11(12-9)8-3-5-13-6-8/h1-7H. The van der Waals surface area contributed by atoms with E-state index >= 15 is 0 Å². The zero-order valence-electron chi connectivity index (χ0n) is 7.71. The first-order valence-electron chi connectivity index (χ1n) is 4.45. The van der Waals surface area contributed by atoms with Crippen LogP contribution in [0.1, 0.15) is 0 Å². The van der Waals surface area contributed by atoms with Crippen LogP contribution in [0.2, 0.25) is 0 Å². The Morgan fingerprint density at radius 2 is 2.00 bits per heavy atom. The molecule has 3 aromatic heterocycles. The van der Waals surface area contributed by atoms with Crippen molar-refractivity contribution in [2.24, 2.45) is 0 Å². The van der Waals surface area contributed by atoms with Crippen LogP contribution in [0.15, 0.2) is 39.7 Å². The zero-order chi connectivity index (χ0) is 10.1. The van der Waals surface area contributed by atoms with Gasteiger partial charge in [-0.15, -0.1) is 22.7 Å². The lowest BCUT2D eigenvalue weighted by Crippen LogP contribution is -1.72. The van der Waals surface area contributed by atoms with Gasteiger partial charge in [-0.25, -0.2) is 4.98 Å². The Labute approximate surface area is 99.7 Å². The van der Waals surface area contributed by atoms with Gasteiger partial charge in [0, 0.05) is 16.3 Å². The van der Waals surface area contributed by atoms with Gasteiger partial charge in [0.2, 0.25) is 0 Å². The molecule has 0 atom stereocenters. The average Bonchev–Trinajstić information content (AvgIpc) is 3.02. The van der Waals surface area contributed by atoms with Crippen molar-refractivity contribution in [1.82, 2.24) is 4.98 Å². The van der Waals surface area contributed by atoms with Crippen LogP contribution in [-0.2, 0) is 0 Å². The van der Waals surface area contributed by atoms with E-state index in [4.69, 9.17) is 0 Å². The minimum absolute atomic E-state index is 1.09. The second kappa shape index (κ2) is 3.89. The smallest absolute Gasteiger partial charge is 0.124 e. The van der Waals surface area contributed by atoms with Crippen LogP contribution >= 0.6 is 34.0 Å². The summed E-state index contributed by atoms with van der Waals surface area (Å²) in [5.41, 5.74) is 2.32. The molecule has 0 spiro atoms. The molecule has 0 saturated carbocycles. The van der Waals surface area contributed by atoms with Crippen molar-refractivity contribution in [2.45, 2.75) is 0 Å². The minimum Gasteiger partial charge on any atom is -0.235 e. The molecule has 3 rings (SSSR count). The number of hydrogen-bond donors (Lipinski definition) is 0. The van der Waals surface area contributed by atoms with Gasteiger partial charge in [-0.2, -0.15) is 11.3 Å². The Kier molecular flexibility index (Phi) is 2.40. The lowest BCUT2D eigenvalue weighted by molar-refractivity contribution is 1.43. The highest BCUT2D eigenvalue weighted by molar-refractivity contribution is 7.16. The fourth-order valence-corrected chi connectivity index (χ4v) is 3.62. The zero-order valence-corrected chi connectivity index (χ0v) is 10.2. The largest absolute Gasteiger partial charge is 0.235 e. The number of hydrogen-bond acceptors (Lipinski definition) is 4. The Bertz CT molecular complexity index is 485. The summed E-state index contributed by atoms with van der Waals surface area (Å²) in [5.74, 6) is 0. The normalized spacial score (nSPS) is 10.7. The first-order valence-corrected chi connectivity index (χ1v) is 7.16. The molecule has 0 aliphatic rings. The molecule has 74 valence electrons. The maximum Gasteiger partial charge on any atom is 0.124 e. The quantitative estimate of drug-likeness (QED) is 0.647. The Morgan fingerprint density at radius 1 is 1.00 bits per heavy atom. The Hall–Kier alpha value is -0.970. The van der Waals surface area contributed by atoms with Gasteiger partial charge >= 0.3 is 0 Å². The van der Waals surface area contributed by atoms with E-state index in [9.17, 15) is 0 Å².